The fourth-order valence-corrected chi connectivity index (χ4v) is 8.98. The molecule has 260 valence electrons. The van der Waals surface area contributed by atoms with Crippen LogP contribution in [0.25, 0.3) is 56.0 Å². The number of anilines is 3. The molecular formula is C52H42N2. The number of allylic oxidation sites excluding steroid dienone is 1. The van der Waals surface area contributed by atoms with Crippen molar-refractivity contribution in [3.05, 3.63) is 198 Å². The Morgan fingerprint density at radius 2 is 1.17 bits per heavy atom. The average Bonchev–Trinajstić information content (AvgIpc) is 3.66. The van der Waals surface area contributed by atoms with Crippen LogP contribution in [-0.4, -0.2) is 4.57 Å². The van der Waals surface area contributed by atoms with E-state index in [0.29, 0.717) is 5.92 Å². The molecule has 0 spiro atoms. The van der Waals surface area contributed by atoms with Crippen LogP contribution in [0.2, 0.25) is 0 Å². The molecule has 54 heavy (non-hydrogen) atoms. The number of hydrogen-bond donors (Lipinski definition) is 0. The summed E-state index contributed by atoms with van der Waals surface area (Å²) in [5.74, 6) is 0.514. The van der Waals surface area contributed by atoms with Gasteiger partial charge in [0, 0.05) is 39.2 Å². The minimum absolute atomic E-state index is 0.0891. The molecule has 10 rings (SSSR count). The summed E-state index contributed by atoms with van der Waals surface area (Å²) in [7, 11) is 0. The van der Waals surface area contributed by atoms with Crippen LogP contribution in [0.4, 0.5) is 17.1 Å². The van der Waals surface area contributed by atoms with Crippen LogP contribution in [0, 0.1) is 5.92 Å². The van der Waals surface area contributed by atoms with Crippen molar-refractivity contribution < 1.29 is 0 Å². The molecule has 2 heteroatoms. The molecular weight excluding hydrogens is 653 g/mol. The van der Waals surface area contributed by atoms with E-state index >= 15 is 0 Å². The zero-order valence-corrected chi connectivity index (χ0v) is 31.0. The Morgan fingerprint density at radius 3 is 1.98 bits per heavy atom. The molecule has 0 radical (unpaired) electrons. The number of para-hydroxylation sites is 1. The molecule has 0 fully saturated rings. The highest BCUT2D eigenvalue weighted by Crippen LogP contribution is 2.51. The standard InChI is InChI=1S/C52H42N2/c1-35-21-29-50-46(31-35)47-33-39(24-30-51(47)54(50)40-16-8-5-9-17-40)37-22-25-41(26-23-37)53(42-18-12-15-38(32-42)36-13-6-4-7-14-36)43-27-28-45-44-19-10-11-20-48(44)52(2,3)49(45)34-43/h4-30,32-35H,31H2,1-3H3. The zero-order chi connectivity index (χ0) is 36.4. The Bertz CT molecular complexity index is 2710. The van der Waals surface area contributed by atoms with E-state index in [-0.39, 0.29) is 5.41 Å². The molecule has 0 saturated heterocycles. The number of fused-ring (bicyclic) bond motifs is 6. The molecule has 0 saturated carbocycles. The van der Waals surface area contributed by atoms with Crippen molar-refractivity contribution in [2.24, 2.45) is 5.92 Å². The van der Waals surface area contributed by atoms with E-state index in [4.69, 9.17) is 0 Å². The fraction of sp³-hybridized carbons (Fsp3) is 0.115. The van der Waals surface area contributed by atoms with Crippen molar-refractivity contribution in [1.29, 1.82) is 0 Å². The maximum atomic E-state index is 2.43. The summed E-state index contributed by atoms with van der Waals surface area (Å²) in [4.78, 5) is 2.42. The summed E-state index contributed by atoms with van der Waals surface area (Å²) >= 11 is 0. The molecule has 1 unspecified atom stereocenters. The molecule has 2 nitrogen and oxygen atoms in total. The van der Waals surface area contributed by atoms with Gasteiger partial charge in [0.2, 0.25) is 0 Å². The third kappa shape index (κ3) is 5.24. The molecule has 7 aromatic carbocycles. The smallest absolute Gasteiger partial charge is 0.0538 e. The third-order valence-corrected chi connectivity index (χ3v) is 11.7. The molecule has 0 amide bonds. The normalized spacial score (nSPS) is 15.1. The summed E-state index contributed by atoms with van der Waals surface area (Å²) in [5.41, 5.74) is 18.8. The molecule has 2 aliphatic carbocycles. The Balaban J connectivity index is 1.08. The largest absolute Gasteiger partial charge is 0.310 e. The van der Waals surface area contributed by atoms with Gasteiger partial charge in [-0.15, -0.1) is 0 Å². The van der Waals surface area contributed by atoms with Crippen molar-refractivity contribution in [2.75, 3.05) is 4.90 Å². The first-order valence-corrected chi connectivity index (χ1v) is 19.2. The van der Waals surface area contributed by atoms with E-state index in [0.717, 1.165) is 23.5 Å². The lowest BCUT2D eigenvalue weighted by molar-refractivity contribution is 0.660. The van der Waals surface area contributed by atoms with Gasteiger partial charge in [0.05, 0.1) is 5.52 Å². The first-order valence-electron chi connectivity index (χ1n) is 19.2. The molecule has 8 aromatic rings. The number of rotatable bonds is 6. The highest BCUT2D eigenvalue weighted by molar-refractivity contribution is 5.94. The summed E-state index contributed by atoms with van der Waals surface area (Å²) in [6.45, 7) is 7.03. The zero-order valence-electron chi connectivity index (χ0n) is 31.0. The van der Waals surface area contributed by atoms with Crippen molar-refractivity contribution in [1.82, 2.24) is 4.57 Å². The first-order chi connectivity index (χ1) is 26.4. The van der Waals surface area contributed by atoms with Gasteiger partial charge in [0.1, 0.15) is 0 Å². The van der Waals surface area contributed by atoms with Crippen LogP contribution >= 0.6 is 0 Å². The average molecular weight is 695 g/mol. The Kier molecular flexibility index (Phi) is 7.56. The number of benzene rings is 7. The molecule has 1 aromatic heterocycles. The van der Waals surface area contributed by atoms with E-state index in [9.17, 15) is 0 Å². The van der Waals surface area contributed by atoms with Crippen LogP contribution in [0.1, 0.15) is 43.2 Å². The van der Waals surface area contributed by atoms with Gasteiger partial charge in [-0.3, -0.25) is 0 Å². The monoisotopic (exact) mass is 694 g/mol. The predicted octanol–water partition coefficient (Wildman–Crippen LogP) is 13.9. The second-order valence-electron chi connectivity index (χ2n) is 15.5. The van der Waals surface area contributed by atoms with Gasteiger partial charge in [0.15, 0.2) is 0 Å². The SMILES string of the molecule is CC1C=Cc2c(c3cc(-c4ccc(N(c5cccc(-c6ccccc6)c5)c5ccc6c(c5)C(C)(C)c5ccccc5-6)cc4)ccc3n2-c2ccccc2)C1. The Morgan fingerprint density at radius 1 is 0.537 bits per heavy atom. The number of aromatic nitrogens is 1. The summed E-state index contributed by atoms with van der Waals surface area (Å²) in [6, 6.07) is 62.5. The van der Waals surface area contributed by atoms with E-state index < -0.39 is 0 Å². The Labute approximate surface area is 318 Å². The van der Waals surface area contributed by atoms with Gasteiger partial charge in [-0.1, -0.05) is 136 Å². The molecule has 1 atom stereocenters. The van der Waals surface area contributed by atoms with Gasteiger partial charge >= 0.3 is 0 Å². The van der Waals surface area contributed by atoms with Gasteiger partial charge in [-0.05, 0) is 129 Å². The quantitative estimate of drug-likeness (QED) is 0.168. The van der Waals surface area contributed by atoms with Crippen molar-refractivity contribution in [3.8, 4) is 39.1 Å². The molecule has 0 N–H and O–H groups in total. The minimum atomic E-state index is -0.0891. The fourth-order valence-electron chi connectivity index (χ4n) is 8.98. The van der Waals surface area contributed by atoms with Gasteiger partial charge < -0.3 is 9.47 Å². The summed E-state index contributed by atoms with van der Waals surface area (Å²) in [5, 5.41) is 1.34. The predicted molar refractivity (Wildman–Crippen MR) is 228 cm³/mol. The van der Waals surface area contributed by atoms with Crippen LogP contribution in [0.3, 0.4) is 0 Å². The second-order valence-corrected chi connectivity index (χ2v) is 15.5. The minimum Gasteiger partial charge on any atom is -0.310 e. The van der Waals surface area contributed by atoms with E-state index in [1.807, 2.05) is 0 Å². The van der Waals surface area contributed by atoms with Crippen LogP contribution in [-0.2, 0) is 11.8 Å². The van der Waals surface area contributed by atoms with Crippen molar-refractivity contribution in [3.63, 3.8) is 0 Å². The molecule has 2 aliphatic rings. The summed E-state index contributed by atoms with van der Waals surface area (Å²) < 4.78 is 2.43. The van der Waals surface area contributed by atoms with Gasteiger partial charge in [0.25, 0.3) is 0 Å². The number of nitrogens with zero attached hydrogens (tertiary/aromatic N) is 2. The second kappa shape index (κ2) is 12.6. The van der Waals surface area contributed by atoms with Crippen molar-refractivity contribution in [2.45, 2.75) is 32.6 Å². The summed E-state index contributed by atoms with van der Waals surface area (Å²) in [6.07, 6.45) is 5.72. The van der Waals surface area contributed by atoms with Crippen molar-refractivity contribution >= 4 is 34.0 Å². The van der Waals surface area contributed by atoms with Crippen LogP contribution in [0.15, 0.2) is 176 Å². The van der Waals surface area contributed by atoms with Gasteiger partial charge in [-0.2, -0.15) is 0 Å². The van der Waals surface area contributed by atoms with Gasteiger partial charge in [-0.25, -0.2) is 0 Å². The lowest BCUT2D eigenvalue weighted by Crippen LogP contribution is -2.16. The number of hydrogen-bond acceptors (Lipinski definition) is 1. The van der Waals surface area contributed by atoms with Crippen LogP contribution < -0.4 is 4.90 Å². The third-order valence-electron chi connectivity index (χ3n) is 11.7. The maximum absolute atomic E-state index is 2.43. The molecule has 0 aliphatic heterocycles. The molecule has 1 heterocycles. The van der Waals surface area contributed by atoms with E-state index in [1.54, 1.807) is 0 Å². The highest BCUT2D eigenvalue weighted by atomic mass is 15.1. The lowest BCUT2D eigenvalue weighted by atomic mass is 9.82. The van der Waals surface area contributed by atoms with E-state index in [1.165, 1.54) is 72.4 Å². The lowest BCUT2D eigenvalue weighted by Gasteiger charge is -2.28. The molecule has 0 bridgehead atoms. The highest BCUT2D eigenvalue weighted by Gasteiger charge is 2.35. The van der Waals surface area contributed by atoms with Crippen LogP contribution in [0.5, 0.6) is 0 Å². The Hall–Kier alpha value is -6.38. The maximum Gasteiger partial charge on any atom is 0.0538 e. The first kappa shape index (κ1) is 32.3. The van der Waals surface area contributed by atoms with E-state index in [2.05, 4.69) is 212 Å². The topological polar surface area (TPSA) is 8.17 Å².